The van der Waals surface area contributed by atoms with E-state index in [1.807, 2.05) is 0 Å². The Kier molecular flexibility index (Phi) is 7.88. The van der Waals surface area contributed by atoms with Crippen LogP contribution in [0.5, 0.6) is 0 Å². The van der Waals surface area contributed by atoms with Gasteiger partial charge in [0.25, 0.3) is 0 Å². The lowest BCUT2D eigenvalue weighted by Crippen LogP contribution is -2.19. The van der Waals surface area contributed by atoms with Gasteiger partial charge in [0.15, 0.2) is 0 Å². The maximum Gasteiger partial charge on any atom is 0.0821 e. The molecule has 0 aliphatic carbocycles. The zero-order chi connectivity index (χ0) is 7.66. The summed E-state index contributed by atoms with van der Waals surface area (Å²) in [6.07, 6.45) is 1.64. The number of ether oxygens (including phenoxy) is 1. The molecule has 0 rings (SSSR count). The second-order valence-corrected chi connectivity index (χ2v) is 1.74. The van der Waals surface area contributed by atoms with E-state index >= 15 is 0 Å². The van der Waals surface area contributed by atoms with Crippen molar-refractivity contribution in [2.75, 3.05) is 33.4 Å². The van der Waals surface area contributed by atoms with Gasteiger partial charge in [-0.05, 0) is 0 Å². The van der Waals surface area contributed by atoms with Gasteiger partial charge in [-0.1, -0.05) is 0 Å². The van der Waals surface area contributed by atoms with Crippen LogP contribution in [-0.4, -0.2) is 39.7 Å². The molecule has 0 aliphatic rings. The minimum atomic E-state index is 0.585. The topological polar surface area (TPSA) is 59.6 Å². The van der Waals surface area contributed by atoms with Crippen molar-refractivity contribution < 1.29 is 4.74 Å². The van der Waals surface area contributed by atoms with E-state index in [0.29, 0.717) is 19.8 Å². The second kappa shape index (κ2) is 8.39. The van der Waals surface area contributed by atoms with Crippen LogP contribution in [0.4, 0.5) is 0 Å². The van der Waals surface area contributed by atoms with Crippen molar-refractivity contribution in [3.8, 4) is 0 Å². The van der Waals surface area contributed by atoms with Crippen LogP contribution < -0.4 is 11.1 Å². The van der Waals surface area contributed by atoms with Gasteiger partial charge in [0.05, 0.1) is 19.6 Å². The largest absolute Gasteiger partial charge is 0.378 e. The van der Waals surface area contributed by atoms with E-state index in [-0.39, 0.29) is 0 Å². The summed E-state index contributed by atoms with van der Waals surface area (Å²) in [7, 11) is 1.72. The number of nitrogens with one attached hydrogen (secondary N) is 1. The Bertz CT molecular complexity index is 85.1. The molecule has 4 heteroatoms. The molecule has 0 spiro atoms. The van der Waals surface area contributed by atoms with Crippen LogP contribution in [0.1, 0.15) is 0 Å². The fourth-order valence-electron chi connectivity index (χ4n) is 0.472. The molecule has 0 unspecified atom stereocenters. The average molecular weight is 145 g/mol. The molecule has 0 aliphatic heterocycles. The first-order valence-electron chi connectivity index (χ1n) is 3.33. The van der Waals surface area contributed by atoms with Crippen molar-refractivity contribution in [3.05, 3.63) is 0 Å². The van der Waals surface area contributed by atoms with Gasteiger partial charge < -0.3 is 15.8 Å². The van der Waals surface area contributed by atoms with Crippen LogP contribution in [-0.2, 0) is 4.74 Å². The van der Waals surface area contributed by atoms with E-state index in [0.717, 1.165) is 6.54 Å². The Hall–Kier alpha value is -0.610. The number of hydrogen-bond donors (Lipinski definition) is 2. The van der Waals surface area contributed by atoms with Crippen molar-refractivity contribution in [1.82, 2.24) is 5.32 Å². The van der Waals surface area contributed by atoms with E-state index < -0.39 is 0 Å². The number of rotatable bonds is 6. The Morgan fingerprint density at radius 3 is 3.00 bits per heavy atom. The molecule has 3 N–H and O–H groups in total. The fraction of sp³-hybridized carbons (Fsp3) is 0.833. The smallest absolute Gasteiger partial charge is 0.0821 e. The first kappa shape index (κ1) is 9.39. The SMILES string of the molecule is CN=CNCCOCCN. The third-order valence-corrected chi connectivity index (χ3v) is 0.873. The Labute approximate surface area is 61.5 Å². The van der Waals surface area contributed by atoms with Gasteiger partial charge in [-0.25, -0.2) is 0 Å². The van der Waals surface area contributed by atoms with Crippen molar-refractivity contribution in [3.63, 3.8) is 0 Å². The molecule has 0 bridgehead atoms. The molecule has 0 saturated carbocycles. The molecule has 0 atom stereocenters. The molecule has 10 heavy (non-hydrogen) atoms. The van der Waals surface area contributed by atoms with Gasteiger partial charge in [-0.2, -0.15) is 0 Å². The van der Waals surface area contributed by atoms with E-state index in [4.69, 9.17) is 10.5 Å². The highest BCUT2D eigenvalue weighted by Gasteiger charge is 1.82. The minimum absolute atomic E-state index is 0.585. The van der Waals surface area contributed by atoms with Gasteiger partial charge in [-0.3, -0.25) is 4.99 Å². The van der Waals surface area contributed by atoms with E-state index in [2.05, 4.69) is 10.3 Å². The lowest BCUT2D eigenvalue weighted by Gasteiger charge is -2.00. The van der Waals surface area contributed by atoms with Crippen molar-refractivity contribution in [1.29, 1.82) is 0 Å². The first-order valence-corrected chi connectivity index (χ1v) is 3.33. The van der Waals surface area contributed by atoms with Crippen LogP contribution in [0.15, 0.2) is 4.99 Å². The van der Waals surface area contributed by atoms with Crippen LogP contribution in [0.25, 0.3) is 0 Å². The predicted molar refractivity (Wildman–Crippen MR) is 42.3 cm³/mol. The summed E-state index contributed by atoms with van der Waals surface area (Å²) in [5, 5.41) is 2.94. The molecule has 60 valence electrons. The Morgan fingerprint density at radius 2 is 2.40 bits per heavy atom. The summed E-state index contributed by atoms with van der Waals surface area (Å²) in [5.41, 5.74) is 5.20. The summed E-state index contributed by atoms with van der Waals surface area (Å²) in [6, 6.07) is 0. The first-order chi connectivity index (χ1) is 4.91. The van der Waals surface area contributed by atoms with Crippen molar-refractivity contribution in [2.24, 2.45) is 10.7 Å². The molecule has 0 aromatic carbocycles. The van der Waals surface area contributed by atoms with Gasteiger partial charge in [-0.15, -0.1) is 0 Å². The number of nitrogens with two attached hydrogens (primary N) is 1. The summed E-state index contributed by atoms with van der Waals surface area (Å²) < 4.78 is 5.08. The van der Waals surface area contributed by atoms with E-state index in [9.17, 15) is 0 Å². The average Bonchev–Trinajstić information content (AvgIpc) is 1.97. The standard InChI is InChI=1S/C6H15N3O/c1-8-6-9-3-5-10-4-2-7/h6H,2-5,7H2,1H3,(H,8,9). The maximum absolute atomic E-state index is 5.20. The molecule has 0 fully saturated rings. The molecule has 0 heterocycles. The van der Waals surface area contributed by atoms with E-state index in [1.54, 1.807) is 13.4 Å². The quantitative estimate of drug-likeness (QED) is 0.292. The van der Waals surface area contributed by atoms with Crippen LogP contribution in [0.3, 0.4) is 0 Å². The zero-order valence-electron chi connectivity index (χ0n) is 6.34. The van der Waals surface area contributed by atoms with Gasteiger partial charge in [0, 0.05) is 20.1 Å². The summed E-state index contributed by atoms with van der Waals surface area (Å²) in [4.78, 5) is 3.74. The highest BCUT2D eigenvalue weighted by molar-refractivity contribution is 5.53. The monoisotopic (exact) mass is 145 g/mol. The third-order valence-electron chi connectivity index (χ3n) is 0.873. The van der Waals surface area contributed by atoms with Gasteiger partial charge in [0.2, 0.25) is 0 Å². The molecular weight excluding hydrogens is 130 g/mol. The van der Waals surface area contributed by atoms with E-state index in [1.165, 1.54) is 0 Å². The van der Waals surface area contributed by atoms with Gasteiger partial charge in [0.1, 0.15) is 0 Å². The molecule has 0 aromatic rings. The molecule has 0 saturated heterocycles. The second-order valence-electron chi connectivity index (χ2n) is 1.74. The summed E-state index contributed by atoms with van der Waals surface area (Å²) in [5.74, 6) is 0. The van der Waals surface area contributed by atoms with Crippen LogP contribution in [0, 0.1) is 0 Å². The zero-order valence-corrected chi connectivity index (χ0v) is 6.34. The highest BCUT2D eigenvalue weighted by atomic mass is 16.5. The van der Waals surface area contributed by atoms with Crippen LogP contribution >= 0.6 is 0 Å². The molecule has 0 aromatic heterocycles. The van der Waals surface area contributed by atoms with Gasteiger partial charge >= 0.3 is 0 Å². The highest BCUT2D eigenvalue weighted by Crippen LogP contribution is 1.68. The molecule has 4 nitrogen and oxygen atoms in total. The molecule has 0 radical (unpaired) electrons. The minimum Gasteiger partial charge on any atom is -0.378 e. The maximum atomic E-state index is 5.20. The lowest BCUT2D eigenvalue weighted by molar-refractivity contribution is 0.146. The molecular formula is C6H15N3O. The fourth-order valence-corrected chi connectivity index (χ4v) is 0.472. The van der Waals surface area contributed by atoms with Crippen LogP contribution in [0.2, 0.25) is 0 Å². The molecule has 0 amide bonds. The predicted octanol–water partition coefficient (Wildman–Crippen LogP) is -0.791. The Morgan fingerprint density at radius 1 is 1.60 bits per heavy atom. The van der Waals surface area contributed by atoms with Crippen molar-refractivity contribution in [2.45, 2.75) is 0 Å². The normalized spacial score (nSPS) is 10.6. The lowest BCUT2D eigenvalue weighted by atomic mass is 10.6. The summed E-state index contributed by atoms with van der Waals surface area (Å²) >= 11 is 0. The Balaban J connectivity index is 2.77. The number of nitrogens with zero attached hydrogens (tertiary/aromatic N) is 1. The summed E-state index contributed by atoms with van der Waals surface area (Å²) in [6.45, 7) is 2.69. The number of hydrogen-bond acceptors (Lipinski definition) is 3. The number of aliphatic imine (C=N–C) groups is 1. The van der Waals surface area contributed by atoms with Crippen molar-refractivity contribution >= 4 is 6.34 Å². The third kappa shape index (κ3) is 7.39.